The fraction of sp³-hybridized carbons (Fsp3) is 0.706. The molecule has 0 radical (unpaired) electrons. The van der Waals surface area contributed by atoms with Crippen LogP contribution in [0.4, 0.5) is 4.79 Å². The third-order valence-corrected chi connectivity index (χ3v) is 4.20. The van der Waals surface area contributed by atoms with Gasteiger partial charge in [0, 0.05) is 18.5 Å². The monoisotopic (exact) mass is 339 g/mol. The van der Waals surface area contributed by atoms with Crippen LogP contribution in [0.15, 0.2) is 12.7 Å². The lowest BCUT2D eigenvalue weighted by atomic mass is 9.65. The molecule has 0 aromatic heterocycles. The smallest absolute Gasteiger partial charge is 0.404 e. The van der Waals surface area contributed by atoms with E-state index >= 15 is 0 Å². The van der Waals surface area contributed by atoms with Crippen LogP contribution in [0.3, 0.4) is 0 Å². The number of hydrogen-bond donors (Lipinski definition) is 4. The molecule has 1 rings (SSSR count). The van der Waals surface area contributed by atoms with Crippen molar-refractivity contribution >= 4 is 17.9 Å². The van der Waals surface area contributed by atoms with E-state index in [1.165, 1.54) is 6.92 Å². The van der Waals surface area contributed by atoms with Crippen molar-refractivity contribution in [2.75, 3.05) is 0 Å². The summed E-state index contributed by atoms with van der Waals surface area (Å²) in [5.41, 5.74) is -1.48. The molecule has 0 bridgehead atoms. The highest BCUT2D eigenvalue weighted by Crippen LogP contribution is 2.40. The third-order valence-electron chi connectivity index (χ3n) is 4.20. The van der Waals surface area contributed by atoms with Crippen molar-refractivity contribution in [1.82, 2.24) is 16.0 Å². The van der Waals surface area contributed by atoms with Crippen molar-refractivity contribution in [2.24, 2.45) is 5.92 Å². The van der Waals surface area contributed by atoms with Gasteiger partial charge in [0.1, 0.15) is 5.54 Å². The van der Waals surface area contributed by atoms with Crippen LogP contribution in [0.5, 0.6) is 0 Å². The van der Waals surface area contributed by atoms with Crippen LogP contribution >= 0.6 is 0 Å². The van der Waals surface area contributed by atoms with Crippen LogP contribution in [0.1, 0.15) is 53.4 Å². The molecule has 0 aromatic rings. The van der Waals surface area contributed by atoms with Gasteiger partial charge in [-0.3, -0.25) is 9.59 Å². The maximum atomic E-state index is 13.0. The number of amides is 3. The Morgan fingerprint density at radius 2 is 1.79 bits per heavy atom. The Hall–Kier alpha value is -2.05. The van der Waals surface area contributed by atoms with Gasteiger partial charge in [-0.2, -0.15) is 0 Å². The van der Waals surface area contributed by atoms with Crippen molar-refractivity contribution in [2.45, 2.75) is 70.5 Å². The summed E-state index contributed by atoms with van der Waals surface area (Å²) in [5, 5.41) is 17.1. The number of allylic oxidation sites excluding steroid dienone is 1. The minimum atomic E-state index is -1.08. The maximum Gasteiger partial charge on any atom is 0.404 e. The van der Waals surface area contributed by atoms with E-state index in [2.05, 4.69) is 22.5 Å². The molecular formula is C17H29N3O4. The second kappa shape index (κ2) is 7.68. The molecule has 1 aliphatic carbocycles. The van der Waals surface area contributed by atoms with Crippen molar-refractivity contribution < 1.29 is 19.5 Å². The van der Waals surface area contributed by atoms with E-state index in [1.807, 2.05) is 20.8 Å². The topological polar surface area (TPSA) is 108 Å². The van der Waals surface area contributed by atoms with Gasteiger partial charge in [0.05, 0.1) is 0 Å². The van der Waals surface area contributed by atoms with Crippen LogP contribution in [-0.4, -0.2) is 40.1 Å². The van der Waals surface area contributed by atoms with Crippen molar-refractivity contribution in [1.29, 1.82) is 0 Å². The van der Waals surface area contributed by atoms with Crippen LogP contribution in [0.25, 0.3) is 0 Å². The first-order valence-electron chi connectivity index (χ1n) is 8.22. The molecule has 24 heavy (non-hydrogen) atoms. The molecule has 0 spiro atoms. The van der Waals surface area contributed by atoms with Crippen molar-refractivity contribution in [3.05, 3.63) is 12.7 Å². The molecule has 0 aliphatic heterocycles. The number of nitrogens with one attached hydrogen (secondary N) is 3. The Labute approximate surface area is 143 Å². The molecule has 1 aliphatic rings. The second-order valence-corrected chi connectivity index (χ2v) is 7.50. The summed E-state index contributed by atoms with van der Waals surface area (Å²) in [4.78, 5) is 35.5. The predicted molar refractivity (Wildman–Crippen MR) is 91.5 cm³/mol. The largest absolute Gasteiger partial charge is 0.465 e. The predicted octanol–water partition coefficient (Wildman–Crippen LogP) is 1.79. The van der Waals surface area contributed by atoms with Crippen LogP contribution < -0.4 is 16.0 Å². The molecule has 3 amide bonds. The molecule has 1 atom stereocenters. The van der Waals surface area contributed by atoms with Gasteiger partial charge in [-0.15, -0.1) is 6.58 Å². The Bertz CT molecular complexity index is 506. The van der Waals surface area contributed by atoms with E-state index in [9.17, 15) is 14.4 Å². The minimum Gasteiger partial charge on any atom is -0.465 e. The van der Waals surface area contributed by atoms with Crippen molar-refractivity contribution in [3.8, 4) is 0 Å². The third kappa shape index (κ3) is 5.25. The Morgan fingerprint density at radius 3 is 2.21 bits per heavy atom. The molecule has 1 saturated carbocycles. The molecule has 1 fully saturated rings. The van der Waals surface area contributed by atoms with E-state index in [1.54, 1.807) is 6.08 Å². The van der Waals surface area contributed by atoms with E-state index in [0.717, 1.165) is 0 Å². The van der Waals surface area contributed by atoms with Gasteiger partial charge in [0.15, 0.2) is 0 Å². The van der Waals surface area contributed by atoms with Crippen LogP contribution in [-0.2, 0) is 9.59 Å². The number of hydrogen-bond acceptors (Lipinski definition) is 3. The number of carbonyl (C=O) groups excluding carboxylic acids is 2. The fourth-order valence-corrected chi connectivity index (χ4v) is 3.13. The van der Waals surface area contributed by atoms with Gasteiger partial charge in [0.25, 0.3) is 0 Å². The molecule has 0 unspecified atom stereocenters. The minimum absolute atomic E-state index is 0.124. The molecule has 0 saturated heterocycles. The summed E-state index contributed by atoms with van der Waals surface area (Å²) in [6.45, 7) is 10.7. The summed E-state index contributed by atoms with van der Waals surface area (Å²) >= 11 is 0. The summed E-state index contributed by atoms with van der Waals surface area (Å²) in [5.74, 6) is -0.635. The summed E-state index contributed by atoms with van der Waals surface area (Å²) in [6, 6.07) is -0.188. The number of rotatable bonds is 7. The number of carboxylic acid groups (broad SMARTS) is 1. The zero-order chi connectivity index (χ0) is 18.5. The van der Waals surface area contributed by atoms with E-state index < -0.39 is 17.2 Å². The van der Waals surface area contributed by atoms with Gasteiger partial charge in [-0.1, -0.05) is 6.08 Å². The van der Waals surface area contributed by atoms with Gasteiger partial charge < -0.3 is 21.1 Å². The highest BCUT2D eigenvalue weighted by molar-refractivity contribution is 5.92. The lowest BCUT2D eigenvalue weighted by molar-refractivity contribution is -0.139. The highest BCUT2D eigenvalue weighted by atomic mass is 16.4. The molecule has 136 valence electrons. The van der Waals surface area contributed by atoms with Gasteiger partial charge in [0.2, 0.25) is 11.8 Å². The first-order chi connectivity index (χ1) is 11.0. The first kappa shape index (κ1) is 20.0. The highest BCUT2D eigenvalue weighted by Gasteiger charge is 2.51. The quantitative estimate of drug-likeness (QED) is 0.530. The SMILES string of the molecule is C=CCC[C@@](NC(C)=O)(C(=O)NC(C)(C)C)C1CC(NC(=O)O)C1. The molecule has 7 heteroatoms. The van der Waals surface area contributed by atoms with Gasteiger partial charge in [-0.25, -0.2) is 4.79 Å². The van der Waals surface area contributed by atoms with Crippen LogP contribution in [0, 0.1) is 5.92 Å². The molecule has 0 heterocycles. The van der Waals surface area contributed by atoms with Gasteiger partial charge >= 0.3 is 6.09 Å². The lowest BCUT2D eigenvalue weighted by Gasteiger charge is -2.48. The molecule has 0 aromatic carbocycles. The maximum absolute atomic E-state index is 13.0. The van der Waals surface area contributed by atoms with Gasteiger partial charge in [-0.05, 0) is 52.4 Å². The fourth-order valence-electron chi connectivity index (χ4n) is 3.13. The Kier molecular flexibility index (Phi) is 6.40. The average molecular weight is 339 g/mol. The Morgan fingerprint density at radius 1 is 1.21 bits per heavy atom. The summed E-state index contributed by atoms with van der Waals surface area (Å²) in [6.07, 6.45) is 2.68. The normalized spacial score (nSPS) is 22.5. The molecule has 4 N–H and O–H groups in total. The zero-order valence-electron chi connectivity index (χ0n) is 14.9. The van der Waals surface area contributed by atoms with Crippen LogP contribution in [0.2, 0.25) is 0 Å². The standard InChI is InChI=1S/C17H29N3O4/c1-6-7-8-17(19-11(2)21,14(22)20-16(3,4)5)12-9-13(10-12)18-15(23)24/h6,12-13,18H,1,7-10H2,2-5H3,(H,19,21)(H,20,22)(H,23,24)/t12?,13?,17-/m0/s1. The van der Waals surface area contributed by atoms with Crippen molar-refractivity contribution in [3.63, 3.8) is 0 Å². The first-order valence-corrected chi connectivity index (χ1v) is 8.22. The summed E-state index contributed by atoms with van der Waals surface area (Å²) in [7, 11) is 0. The average Bonchev–Trinajstić information content (AvgIpc) is 2.35. The molecule has 7 nitrogen and oxygen atoms in total. The lowest BCUT2D eigenvalue weighted by Crippen LogP contribution is -2.68. The second-order valence-electron chi connectivity index (χ2n) is 7.50. The van der Waals surface area contributed by atoms with E-state index in [0.29, 0.717) is 25.7 Å². The zero-order valence-corrected chi connectivity index (χ0v) is 14.9. The summed E-state index contributed by atoms with van der Waals surface area (Å²) < 4.78 is 0. The number of carbonyl (C=O) groups is 3. The molecular weight excluding hydrogens is 310 g/mol. The van der Waals surface area contributed by atoms with E-state index in [4.69, 9.17) is 5.11 Å². The Balaban J connectivity index is 3.03. The van der Waals surface area contributed by atoms with E-state index in [-0.39, 0.29) is 23.8 Å².